The van der Waals surface area contributed by atoms with Gasteiger partial charge in [-0.2, -0.15) is 5.26 Å². The van der Waals surface area contributed by atoms with E-state index in [4.69, 9.17) is 0 Å². The summed E-state index contributed by atoms with van der Waals surface area (Å²) in [4.78, 5) is 4.89. The average Bonchev–Trinajstić information content (AvgIpc) is 2.45. The second-order valence-corrected chi connectivity index (χ2v) is 5.92. The maximum absolute atomic E-state index is 9.29. The maximum atomic E-state index is 9.29. The molecule has 4 heteroatoms. The minimum atomic E-state index is -0.326. The number of piperidine rings is 1. The zero-order chi connectivity index (χ0) is 14.3. The number of hydrogen-bond donors (Lipinski definition) is 1. The Morgan fingerprint density at radius 1 is 1.42 bits per heavy atom. The fourth-order valence-corrected chi connectivity index (χ4v) is 2.92. The molecular weight excluding hydrogens is 236 g/mol. The number of nitriles is 1. The third-order valence-electron chi connectivity index (χ3n) is 4.72. The number of likely N-dealkylation sites (tertiary alicyclic amines) is 1. The minimum absolute atomic E-state index is 0.326. The summed E-state index contributed by atoms with van der Waals surface area (Å²) < 4.78 is 0. The van der Waals surface area contributed by atoms with Gasteiger partial charge in [0, 0.05) is 6.04 Å². The Bertz CT molecular complexity index is 285. The maximum Gasteiger partial charge on any atom is 0.106 e. The van der Waals surface area contributed by atoms with Crippen molar-refractivity contribution in [3.05, 3.63) is 0 Å². The smallest absolute Gasteiger partial charge is 0.106 e. The van der Waals surface area contributed by atoms with Crippen LogP contribution in [0.5, 0.6) is 0 Å². The molecule has 1 rings (SSSR count). The van der Waals surface area contributed by atoms with Crippen LogP contribution in [-0.4, -0.2) is 62.2 Å². The predicted molar refractivity (Wildman–Crippen MR) is 80.1 cm³/mol. The van der Waals surface area contributed by atoms with Gasteiger partial charge in [0.15, 0.2) is 0 Å². The highest BCUT2D eigenvalue weighted by Gasteiger charge is 2.26. The van der Waals surface area contributed by atoms with E-state index >= 15 is 0 Å². The molecule has 110 valence electrons. The van der Waals surface area contributed by atoms with Crippen molar-refractivity contribution in [3.63, 3.8) is 0 Å². The van der Waals surface area contributed by atoms with Gasteiger partial charge in [-0.25, -0.2) is 0 Å². The summed E-state index contributed by atoms with van der Waals surface area (Å²) in [5.41, 5.74) is -0.326. The van der Waals surface area contributed by atoms with Crippen molar-refractivity contribution < 1.29 is 0 Å². The fraction of sp³-hybridized carbons (Fsp3) is 0.933. The normalized spacial score (nSPS) is 21.3. The van der Waals surface area contributed by atoms with Crippen LogP contribution in [0.4, 0.5) is 0 Å². The van der Waals surface area contributed by atoms with E-state index in [2.05, 4.69) is 42.2 Å². The molecular formula is C15H30N4. The number of nitrogens with one attached hydrogen (secondary N) is 1. The zero-order valence-electron chi connectivity index (χ0n) is 13.1. The average molecular weight is 266 g/mol. The molecule has 1 saturated heterocycles. The minimum Gasteiger partial charge on any atom is -0.306 e. The summed E-state index contributed by atoms with van der Waals surface area (Å²) in [5, 5.41) is 12.5. The number of hydrogen-bond acceptors (Lipinski definition) is 4. The molecule has 0 saturated carbocycles. The van der Waals surface area contributed by atoms with Gasteiger partial charge >= 0.3 is 0 Å². The molecule has 0 spiro atoms. The molecule has 1 unspecified atom stereocenters. The first-order valence-corrected chi connectivity index (χ1v) is 7.56. The van der Waals surface area contributed by atoms with E-state index in [9.17, 15) is 5.26 Å². The molecule has 19 heavy (non-hydrogen) atoms. The lowest BCUT2D eigenvalue weighted by Gasteiger charge is -2.35. The lowest BCUT2D eigenvalue weighted by Crippen LogP contribution is -2.44. The van der Waals surface area contributed by atoms with Crippen LogP contribution in [0.1, 0.15) is 39.0 Å². The summed E-state index contributed by atoms with van der Waals surface area (Å²) in [6.07, 6.45) is 5.45. The highest BCUT2D eigenvalue weighted by Crippen LogP contribution is 2.18. The summed E-state index contributed by atoms with van der Waals surface area (Å²) in [6.45, 7) is 5.60. The highest BCUT2D eigenvalue weighted by atomic mass is 15.2. The second-order valence-electron chi connectivity index (χ2n) is 5.92. The van der Waals surface area contributed by atoms with Gasteiger partial charge in [-0.05, 0) is 72.9 Å². The van der Waals surface area contributed by atoms with Gasteiger partial charge in [0.1, 0.15) is 5.54 Å². The van der Waals surface area contributed by atoms with E-state index in [1.54, 1.807) is 0 Å². The van der Waals surface area contributed by atoms with E-state index < -0.39 is 0 Å². The Balaban J connectivity index is 2.30. The van der Waals surface area contributed by atoms with Crippen LogP contribution in [0.3, 0.4) is 0 Å². The molecule has 1 fully saturated rings. The SMILES string of the molecule is CCC(C#N)(CCCN(C)C1CCN(C)CC1)NC. The Morgan fingerprint density at radius 2 is 2.05 bits per heavy atom. The van der Waals surface area contributed by atoms with Gasteiger partial charge in [0.25, 0.3) is 0 Å². The quantitative estimate of drug-likeness (QED) is 0.761. The molecule has 1 aliphatic heterocycles. The predicted octanol–water partition coefficient (Wildman–Crippen LogP) is 1.68. The van der Waals surface area contributed by atoms with Crippen LogP contribution in [0.25, 0.3) is 0 Å². The van der Waals surface area contributed by atoms with E-state index in [1.165, 1.54) is 25.9 Å². The van der Waals surface area contributed by atoms with Crippen molar-refractivity contribution in [2.75, 3.05) is 40.8 Å². The van der Waals surface area contributed by atoms with E-state index in [1.807, 2.05) is 7.05 Å². The van der Waals surface area contributed by atoms with E-state index in [0.717, 1.165) is 31.8 Å². The zero-order valence-corrected chi connectivity index (χ0v) is 13.1. The lowest BCUT2D eigenvalue weighted by atomic mass is 9.92. The van der Waals surface area contributed by atoms with Gasteiger partial charge in [-0.1, -0.05) is 6.92 Å². The van der Waals surface area contributed by atoms with Crippen molar-refractivity contribution >= 4 is 0 Å². The van der Waals surface area contributed by atoms with Gasteiger partial charge in [0.2, 0.25) is 0 Å². The monoisotopic (exact) mass is 266 g/mol. The molecule has 0 amide bonds. The van der Waals surface area contributed by atoms with Crippen LogP contribution in [-0.2, 0) is 0 Å². The molecule has 0 aromatic carbocycles. The van der Waals surface area contributed by atoms with Crippen LogP contribution >= 0.6 is 0 Å². The van der Waals surface area contributed by atoms with E-state index in [0.29, 0.717) is 0 Å². The first-order chi connectivity index (χ1) is 9.06. The van der Waals surface area contributed by atoms with Crippen LogP contribution in [0.15, 0.2) is 0 Å². The topological polar surface area (TPSA) is 42.3 Å². The molecule has 0 radical (unpaired) electrons. The van der Waals surface area contributed by atoms with Gasteiger partial charge < -0.3 is 15.1 Å². The van der Waals surface area contributed by atoms with Crippen LogP contribution in [0, 0.1) is 11.3 Å². The molecule has 1 atom stereocenters. The Labute approximate surface area is 118 Å². The second kappa shape index (κ2) is 7.84. The van der Waals surface area contributed by atoms with Crippen molar-refractivity contribution in [1.29, 1.82) is 5.26 Å². The lowest BCUT2D eigenvalue weighted by molar-refractivity contribution is 0.140. The van der Waals surface area contributed by atoms with E-state index in [-0.39, 0.29) is 5.54 Å². The van der Waals surface area contributed by atoms with Crippen molar-refractivity contribution in [1.82, 2.24) is 15.1 Å². The Kier molecular flexibility index (Phi) is 6.78. The Hall–Kier alpha value is -0.630. The summed E-state index contributed by atoms with van der Waals surface area (Å²) in [7, 11) is 6.33. The van der Waals surface area contributed by atoms with Gasteiger partial charge in [-0.3, -0.25) is 0 Å². The van der Waals surface area contributed by atoms with Crippen molar-refractivity contribution in [3.8, 4) is 6.07 Å². The standard InChI is InChI=1S/C15H30N4/c1-5-15(13-16,17-2)9-6-10-19(4)14-7-11-18(3)12-8-14/h14,17H,5-12H2,1-4H3. The number of rotatable bonds is 7. The largest absolute Gasteiger partial charge is 0.306 e. The van der Waals surface area contributed by atoms with Gasteiger partial charge in [-0.15, -0.1) is 0 Å². The first kappa shape index (κ1) is 16.4. The number of nitrogens with zero attached hydrogens (tertiary/aromatic N) is 3. The molecule has 0 aliphatic carbocycles. The summed E-state index contributed by atoms with van der Waals surface area (Å²) >= 11 is 0. The molecule has 4 nitrogen and oxygen atoms in total. The van der Waals surface area contributed by atoms with Crippen LogP contribution < -0.4 is 5.32 Å². The summed E-state index contributed by atoms with van der Waals surface area (Å²) in [5.74, 6) is 0. The van der Waals surface area contributed by atoms with Gasteiger partial charge in [0.05, 0.1) is 6.07 Å². The fourth-order valence-electron chi connectivity index (χ4n) is 2.92. The molecule has 1 heterocycles. The Morgan fingerprint density at radius 3 is 2.53 bits per heavy atom. The molecule has 1 aliphatic rings. The third kappa shape index (κ3) is 4.76. The van der Waals surface area contributed by atoms with Crippen molar-refractivity contribution in [2.45, 2.75) is 50.6 Å². The molecule has 1 N–H and O–H groups in total. The highest BCUT2D eigenvalue weighted by molar-refractivity contribution is 5.05. The molecule has 0 aromatic rings. The molecule has 0 aromatic heterocycles. The van der Waals surface area contributed by atoms with Crippen LogP contribution in [0.2, 0.25) is 0 Å². The third-order valence-corrected chi connectivity index (χ3v) is 4.72. The van der Waals surface area contributed by atoms with Crippen molar-refractivity contribution in [2.24, 2.45) is 0 Å². The first-order valence-electron chi connectivity index (χ1n) is 7.56. The summed E-state index contributed by atoms with van der Waals surface area (Å²) in [6, 6.07) is 3.16. The molecule has 0 bridgehead atoms.